The second kappa shape index (κ2) is 14.7. The van der Waals surface area contributed by atoms with Crippen molar-refractivity contribution in [2.45, 2.75) is 45.6 Å². The number of hydrogen-bond donors (Lipinski definition) is 4. The van der Waals surface area contributed by atoms with Crippen molar-refractivity contribution in [3.05, 3.63) is 63.0 Å². The van der Waals surface area contributed by atoms with Crippen LogP contribution in [-0.4, -0.2) is 110 Å². The van der Waals surface area contributed by atoms with Crippen LogP contribution in [0.25, 0.3) is 11.2 Å². The second-order valence-corrected chi connectivity index (χ2v) is 13.2. The van der Waals surface area contributed by atoms with Gasteiger partial charge in [0.1, 0.15) is 29.3 Å². The molecule has 1 atom stereocenters. The summed E-state index contributed by atoms with van der Waals surface area (Å²) in [6, 6.07) is 6.60. The Kier molecular flexibility index (Phi) is 10.5. The molecule has 2 aliphatic rings. The summed E-state index contributed by atoms with van der Waals surface area (Å²) in [4.78, 5) is 89.9. The van der Waals surface area contributed by atoms with Crippen LogP contribution in [0.1, 0.15) is 36.7 Å². The van der Waals surface area contributed by atoms with Crippen molar-refractivity contribution in [2.75, 3.05) is 44.2 Å². The normalized spacial score (nSPS) is 16.0. The van der Waals surface area contributed by atoms with Gasteiger partial charge >= 0.3 is 12.1 Å². The smallest absolute Gasteiger partial charge is 0.405 e. The van der Waals surface area contributed by atoms with Crippen LogP contribution < -0.4 is 26.4 Å². The molecule has 0 bridgehead atoms. The average molecular weight is 714 g/mol. The standard InChI is InChI=1S/C32H37ClFN9O7/c1-18(2)25(39-30(48)49)28(46)35-8-9-40-10-11-42(31(40)50)23-14-36-26-22(38-23)12-21(27(45)37-13-19-4-6-20(33)7-5-19)29(47)43(26)15-24(44)41-16-32(3,34)17-41/h4-7,12,14,18,25,39H,8-11,13,15-17H2,1-3H3,(H,35,46)(H,37,45)(H,48,49). The summed E-state index contributed by atoms with van der Waals surface area (Å²) in [5, 5.41) is 17.1. The molecule has 18 heteroatoms. The van der Waals surface area contributed by atoms with Crippen LogP contribution in [-0.2, 0) is 22.7 Å². The van der Waals surface area contributed by atoms with E-state index < -0.39 is 53.7 Å². The van der Waals surface area contributed by atoms with Gasteiger partial charge in [0.2, 0.25) is 11.8 Å². The Morgan fingerprint density at radius 2 is 1.78 bits per heavy atom. The summed E-state index contributed by atoms with van der Waals surface area (Å²) in [5.41, 5.74) is -1.86. The highest BCUT2D eigenvalue weighted by Crippen LogP contribution is 2.25. The van der Waals surface area contributed by atoms with Crippen LogP contribution in [0, 0.1) is 5.92 Å². The maximum atomic E-state index is 14.1. The number of alkyl halides is 1. The summed E-state index contributed by atoms with van der Waals surface area (Å²) in [6.45, 7) is 4.77. The molecule has 6 amide bonds. The molecule has 1 unspecified atom stereocenters. The number of carbonyl (C=O) groups is 5. The van der Waals surface area contributed by atoms with E-state index in [0.29, 0.717) is 5.02 Å². The van der Waals surface area contributed by atoms with Gasteiger partial charge in [-0.25, -0.2) is 23.9 Å². The number of benzene rings is 1. The molecule has 2 aliphatic heterocycles. The first-order valence-electron chi connectivity index (χ1n) is 15.9. The first-order chi connectivity index (χ1) is 23.6. The molecule has 4 heterocycles. The van der Waals surface area contributed by atoms with Gasteiger partial charge in [-0.05, 0) is 36.6 Å². The molecule has 4 N–H and O–H groups in total. The zero-order chi connectivity index (χ0) is 36.3. The molecule has 0 spiro atoms. The molecule has 0 saturated carbocycles. The fourth-order valence-electron chi connectivity index (χ4n) is 5.71. The van der Waals surface area contributed by atoms with Crippen LogP contribution in [0.3, 0.4) is 0 Å². The monoisotopic (exact) mass is 713 g/mol. The van der Waals surface area contributed by atoms with E-state index in [2.05, 4.69) is 25.9 Å². The predicted octanol–water partition coefficient (Wildman–Crippen LogP) is 1.60. The Morgan fingerprint density at radius 3 is 2.42 bits per heavy atom. The SMILES string of the molecule is CC(C)C(NC(=O)O)C(=O)NCCN1CCN(c2cnc3c(cc(C(=O)NCc4ccc(Cl)cc4)c(=O)n3CC(=O)N3CC(C)(F)C3)n2)C1=O. The molecule has 3 aromatic rings. The maximum absolute atomic E-state index is 14.1. The molecular weight excluding hydrogens is 677 g/mol. The first kappa shape index (κ1) is 36.0. The van der Waals surface area contributed by atoms with Gasteiger partial charge in [-0.15, -0.1) is 0 Å². The summed E-state index contributed by atoms with van der Waals surface area (Å²) >= 11 is 5.95. The van der Waals surface area contributed by atoms with Crippen molar-refractivity contribution < 1.29 is 33.5 Å². The molecule has 2 saturated heterocycles. The lowest BCUT2D eigenvalue weighted by atomic mass is 9.99. The van der Waals surface area contributed by atoms with E-state index in [9.17, 15) is 33.2 Å². The fraction of sp³-hybridized carbons (Fsp3) is 0.438. The molecule has 2 aromatic heterocycles. The topological polar surface area (TPSA) is 199 Å². The molecule has 16 nitrogen and oxygen atoms in total. The minimum Gasteiger partial charge on any atom is -0.465 e. The van der Waals surface area contributed by atoms with E-state index in [1.807, 2.05) is 0 Å². The van der Waals surface area contributed by atoms with E-state index in [1.165, 1.54) is 33.9 Å². The lowest BCUT2D eigenvalue weighted by Crippen LogP contribution is -2.60. The lowest BCUT2D eigenvalue weighted by molar-refractivity contribution is -0.144. The third-order valence-electron chi connectivity index (χ3n) is 8.36. The molecule has 0 radical (unpaired) electrons. The Balaban J connectivity index is 1.35. The number of halogens is 2. The van der Waals surface area contributed by atoms with Gasteiger partial charge in [-0.3, -0.25) is 28.6 Å². The number of urea groups is 1. The summed E-state index contributed by atoms with van der Waals surface area (Å²) in [7, 11) is 0. The third kappa shape index (κ3) is 8.10. The second-order valence-electron chi connectivity index (χ2n) is 12.7. The molecule has 0 aliphatic carbocycles. The number of carbonyl (C=O) groups excluding carboxylic acids is 4. The number of aromatic nitrogens is 3. The summed E-state index contributed by atoms with van der Waals surface area (Å²) in [5.74, 6) is -1.96. The molecule has 50 heavy (non-hydrogen) atoms. The van der Waals surface area contributed by atoms with Crippen molar-refractivity contribution in [2.24, 2.45) is 5.92 Å². The summed E-state index contributed by atoms with van der Waals surface area (Å²) in [6.07, 6.45) is -0.0466. The molecule has 1 aromatic carbocycles. The number of nitrogens with one attached hydrogen (secondary N) is 3. The Bertz CT molecular complexity index is 1880. The first-order valence-corrected chi connectivity index (χ1v) is 16.2. The van der Waals surface area contributed by atoms with Gasteiger partial charge in [-0.2, -0.15) is 0 Å². The van der Waals surface area contributed by atoms with Crippen molar-refractivity contribution in [1.29, 1.82) is 0 Å². The summed E-state index contributed by atoms with van der Waals surface area (Å²) < 4.78 is 15.2. The van der Waals surface area contributed by atoms with E-state index in [1.54, 1.807) is 38.1 Å². The van der Waals surface area contributed by atoms with Crippen LogP contribution in [0.5, 0.6) is 0 Å². The number of hydrogen-bond acceptors (Lipinski definition) is 8. The number of rotatable bonds is 12. The van der Waals surface area contributed by atoms with E-state index in [4.69, 9.17) is 16.7 Å². The Labute approximate surface area is 290 Å². The van der Waals surface area contributed by atoms with Crippen LogP contribution in [0.2, 0.25) is 5.02 Å². The molecule has 2 fully saturated rings. The maximum Gasteiger partial charge on any atom is 0.405 e. The van der Waals surface area contributed by atoms with Crippen molar-refractivity contribution in [3.63, 3.8) is 0 Å². The molecular formula is C32H37ClFN9O7. The zero-order valence-corrected chi connectivity index (χ0v) is 28.4. The van der Waals surface area contributed by atoms with Crippen molar-refractivity contribution in [1.82, 2.24) is 40.3 Å². The highest BCUT2D eigenvalue weighted by atomic mass is 35.5. The van der Waals surface area contributed by atoms with Crippen molar-refractivity contribution in [3.8, 4) is 0 Å². The number of fused-ring (bicyclic) bond motifs is 1. The average Bonchev–Trinajstić information content (AvgIpc) is 3.42. The molecule has 266 valence electrons. The predicted molar refractivity (Wildman–Crippen MR) is 180 cm³/mol. The van der Waals surface area contributed by atoms with Crippen molar-refractivity contribution >= 4 is 58.4 Å². The van der Waals surface area contributed by atoms with Gasteiger partial charge in [0, 0.05) is 37.7 Å². The van der Waals surface area contributed by atoms with Gasteiger partial charge < -0.3 is 30.9 Å². The number of likely N-dealkylation sites (tertiary alicyclic amines) is 1. The number of carboxylic acid groups (broad SMARTS) is 1. The van der Waals surface area contributed by atoms with Gasteiger partial charge in [0.15, 0.2) is 11.5 Å². The quantitative estimate of drug-likeness (QED) is 0.215. The number of pyridine rings is 1. The van der Waals surface area contributed by atoms with Gasteiger partial charge in [-0.1, -0.05) is 37.6 Å². The largest absolute Gasteiger partial charge is 0.465 e. The van der Waals surface area contributed by atoms with E-state index >= 15 is 0 Å². The number of amides is 6. The Hall–Kier alpha value is -5.32. The van der Waals surface area contributed by atoms with Crippen LogP contribution >= 0.6 is 11.6 Å². The minimum atomic E-state index is -1.53. The fourth-order valence-corrected chi connectivity index (χ4v) is 5.83. The highest BCUT2D eigenvalue weighted by molar-refractivity contribution is 6.30. The Morgan fingerprint density at radius 1 is 1.08 bits per heavy atom. The van der Waals surface area contributed by atoms with Gasteiger partial charge in [0.25, 0.3) is 11.5 Å². The molecule has 5 rings (SSSR count). The number of nitrogens with zero attached hydrogens (tertiary/aromatic N) is 6. The third-order valence-corrected chi connectivity index (χ3v) is 8.61. The van der Waals surface area contributed by atoms with E-state index in [-0.39, 0.29) is 74.3 Å². The van der Waals surface area contributed by atoms with Crippen LogP contribution in [0.4, 0.5) is 19.8 Å². The van der Waals surface area contributed by atoms with E-state index in [0.717, 1.165) is 10.1 Å². The number of anilines is 1. The highest BCUT2D eigenvalue weighted by Gasteiger charge is 2.41. The lowest BCUT2D eigenvalue weighted by Gasteiger charge is -2.42. The minimum absolute atomic E-state index is 0.00854. The zero-order valence-electron chi connectivity index (χ0n) is 27.6. The van der Waals surface area contributed by atoms with Gasteiger partial charge in [0.05, 0.1) is 19.3 Å². The van der Waals surface area contributed by atoms with Crippen LogP contribution in [0.15, 0.2) is 41.3 Å².